The number of nitro groups is 1. The number of nitro benzene ring substituents is 1. The van der Waals surface area contributed by atoms with Crippen molar-refractivity contribution in [1.29, 1.82) is 0 Å². The monoisotopic (exact) mass is 389 g/mol. The molecule has 0 spiro atoms. The molecule has 3 aromatic rings. The van der Waals surface area contributed by atoms with Gasteiger partial charge in [0.2, 0.25) is 0 Å². The Morgan fingerprint density at radius 1 is 1.10 bits per heavy atom. The highest BCUT2D eigenvalue weighted by molar-refractivity contribution is 5.93. The topological polar surface area (TPSA) is 118 Å². The molecule has 1 N–H and O–H groups in total. The van der Waals surface area contributed by atoms with Crippen LogP contribution in [0.5, 0.6) is 11.5 Å². The number of carbonyl (C=O) groups is 1. The van der Waals surface area contributed by atoms with E-state index in [4.69, 9.17) is 9.15 Å². The number of carbonyl (C=O) groups excluding carboxylic acids is 1. The second-order valence-corrected chi connectivity index (χ2v) is 6.12. The lowest BCUT2D eigenvalue weighted by Gasteiger charge is -2.06. The Labute approximate surface area is 164 Å². The van der Waals surface area contributed by atoms with Crippen LogP contribution in [0.1, 0.15) is 16.1 Å². The molecule has 0 aliphatic carbocycles. The molecule has 8 nitrogen and oxygen atoms in total. The van der Waals surface area contributed by atoms with E-state index in [9.17, 15) is 20.0 Å². The molecule has 4 rings (SSSR count). The van der Waals surface area contributed by atoms with Gasteiger partial charge in [-0.05, 0) is 48.1 Å². The number of nitrogens with one attached hydrogen (secondary N) is 1. The average molecular weight is 389 g/mol. The van der Waals surface area contributed by atoms with Crippen molar-refractivity contribution in [1.82, 2.24) is 5.32 Å². The van der Waals surface area contributed by atoms with Crippen LogP contribution in [0.25, 0.3) is 17.0 Å². The summed E-state index contributed by atoms with van der Waals surface area (Å²) in [5.41, 5.74) is 1.12. The van der Waals surface area contributed by atoms with Crippen LogP contribution in [0.2, 0.25) is 0 Å². The van der Waals surface area contributed by atoms with Crippen molar-refractivity contribution in [2.75, 3.05) is 0 Å². The predicted molar refractivity (Wildman–Crippen MR) is 103 cm³/mol. The first-order valence-corrected chi connectivity index (χ1v) is 8.52. The summed E-state index contributed by atoms with van der Waals surface area (Å²) in [5, 5.41) is 26.4. The van der Waals surface area contributed by atoms with E-state index in [1.165, 1.54) is 42.5 Å². The van der Waals surface area contributed by atoms with E-state index in [1.54, 1.807) is 30.6 Å². The lowest BCUT2D eigenvalue weighted by atomic mass is 10.1. The van der Waals surface area contributed by atoms with E-state index in [0.29, 0.717) is 5.39 Å². The SMILES string of the molecule is O=C(Oc1ccc2c([O-])c(C=C3C=CNC=C3)oc2c1)c1ccc([N+](=O)[O-])cc1. The van der Waals surface area contributed by atoms with Crippen molar-refractivity contribution < 1.29 is 24.0 Å². The molecule has 0 unspecified atom stereocenters. The van der Waals surface area contributed by atoms with E-state index < -0.39 is 10.9 Å². The third kappa shape index (κ3) is 3.72. The van der Waals surface area contributed by atoms with Gasteiger partial charge in [-0.25, -0.2) is 4.79 Å². The maximum atomic E-state index is 12.5. The van der Waals surface area contributed by atoms with Gasteiger partial charge in [-0.2, -0.15) is 0 Å². The Kier molecular flexibility index (Phi) is 4.58. The number of esters is 1. The second-order valence-electron chi connectivity index (χ2n) is 6.12. The zero-order chi connectivity index (χ0) is 20.4. The summed E-state index contributed by atoms with van der Waals surface area (Å²) in [7, 11) is 0. The third-order valence-corrected chi connectivity index (χ3v) is 4.21. The molecule has 0 amide bonds. The van der Waals surface area contributed by atoms with Crippen LogP contribution < -0.4 is 15.2 Å². The Bertz CT molecular complexity index is 1190. The van der Waals surface area contributed by atoms with Gasteiger partial charge in [-0.1, -0.05) is 5.75 Å². The third-order valence-electron chi connectivity index (χ3n) is 4.21. The van der Waals surface area contributed by atoms with E-state index in [-0.39, 0.29) is 34.1 Å². The number of dihydropyridines is 1. The molecule has 144 valence electrons. The number of hydrogen-bond donors (Lipinski definition) is 1. The van der Waals surface area contributed by atoms with Gasteiger partial charge in [0.05, 0.1) is 10.5 Å². The number of ether oxygens (including phenoxy) is 1. The number of nitrogens with zero attached hydrogens (tertiary/aromatic N) is 1. The van der Waals surface area contributed by atoms with E-state index >= 15 is 0 Å². The normalized spacial score (nSPS) is 12.6. The minimum atomic E-state index is -0.680. The zero-order valence-corrected chi connectivity index (χ0v) is 14.8. The summed E-state index contributed by atoms with van der Waals surface area (Å²) in [4.78, 5) is 22.4. The van der Waals surface area contributed by atoms with Gasteiger partial charge in [0.15, 0.2) is 0 Å². The van der Waals surface area contributed by atoms with Crippen molar-refractivity contribution in [2.24, 2.45) is 0 Å². The summed E-state index contributed by atoms with van der Waals surface area (Å²) in [5.74, 6) is -0.581. The minimum absolute atomic E-state index is 0.124. The van der Waals surface area contributed by atoms with Crippen LogP contribution in [-0.2, 0) is 0 Å². The summed E-state index contributed by atoms with van der Waals surface area (Å²) < 4.78 is 10.9. The van der Waals surface area contributed by atoms with Crippen LogP contribution in [0.4, 0.5) is 5.69 Å². The molecule has 0 radical (unpaired) electrons. The van der Waals surface area contributed by atoms with Crippen LogP contribution in [0.15, 0.2) is 77.0 Å². The summed E-state index contributed by atoms with van der Waals surface area (Å²) in [6.07, 6.45) is 8.68. The molecule has 8 heteroatoms. The quantitative estimate of drug-likeness (QED) is 0.313. The van der Waals surface area contributed by atoms with Crippen LogP contribution in [-0.4, -0.2) is 10.9 Å². The van der Waals surface area contributed by atoms with Gasteiger partial charge in [0.25, 0.3) is 5.69 Å². The molecule has 2 aromatic carbocycles. The van der Waals surface area contributed by atoms with Gasteiger partial charge in [0, 0.05) is 36.0 Å². The van der Waals surface area contributed by atoms with Gasteiger partial charge < -0.3 is 19.6 Å². The highest BCUT2D eigenvalue weighted by Crippen LogP contribution is 2.34. The van der Waals surface area contributed by atoms with E-state index in [1.807, 2.05) is 0 Å². The smallest absolute Gasteiger partial charge is 0.343 e. The molecule has 1 aromatic heterocycles. The Morgan fingerprint density at radius 2 is 1.83 bits per heavy atom. The minimum Gasteiger partial charge on any atom is -0.869 e. The summed E-state index contributed by atoms with van der Waals surface area (Å²) in [6, 6.07) is 9.53. The van der Waals surface area contributed by atoms with Crippen molar-refractivity contribution >= 4 is 28.7 Å². The molecule has 2 heterocycles. The molecular weight excluding hydrogens is 376 g/mol. The molecular formula is C21H13N2O6-. The first kappa shape index (κ1) is 18.1. The van der Waals surface area contributed by atoms with Gasteiger partial charge in [-0.3, -0.25) is 10.1 Å². The Balaban J connectivity index is 1.58. The fourth-order valence-corrected chi connectivity index (χ4v) is 2.76. The maximum absolute atomic E-state index is 12.5. The van der Waals surface area contributed by atoms with Crippen molar-refractivity contribution in [2.45, 2.75) is 0 Å². The van der Waals surface area contributed by atoms with Crippen molar-refractivity contribution in [3.05, 3.63) is 94.0 Å². The number of allylic oxidation sites excluding steroid dienone is 3. The number of furan rings is 1. The molecule has 1 aliphatic heterocycles. The fraction of sp³-hybridized carbons (Fsp3) is 0. The van der Waals surface area contributed by atoms with Gasteiger partial charge in [0.1, 0.15) is 17.1 Å². The summed E-state index contributed by atoms with van der Waals surface area (Å²) in [6.45, 7) is 0. The fourth-order valence-electron chi connectivity index (χ4n) is 2.76. The number of benzene rings is 2. The van der Waals surface area contributed by atoms with E-state index in [0.717, 1.165) is 5.57 Å². The first-order chi connectivity index (χ1) is 14.0. The molecule has 0 saturated heterocycles. The van der Waals surface area contributed by atoms with Crippen LogP contribution in [0, 0.1) is 10.1 Å². The molecule has 0 saturated carbocycles. The molecule has 0 bridgehead atoms. The molecule has 0 atom stereocenters. The first-order valence-electron chi connectivity index (χ1n) is 8.52. The summed E-state index contributed by atoms with van der Waals surface area (Å²) >= 11 is 0. The van der Waals surface area contributed by atoms with Crippen molar-refractivity contribution in [3.8, 4) is 11.5 Å². The average Bonchev–Trinajstić information content (AvgIpc) is 3.03. The maximum Gasteiger partial charge on any atom is 0.343 e. The molecule has 1 aliphatic rings. The van der Waals surface area contributed by atoms with Crippen molar-refractivity contribution in [3.63, 3.8) is 0 Å². The Hall–Kier alpha value is -4.33. The molecule has 0 fully saturated rings. The van der Waals surface area contributed by atoms with Gasteiger partial charge >= 0.3 is 5.97 Å². The number of non-ortho nitro benzene ring substituents is 1. The van der Waals surface area contributed by atoms with Crippen LogP contribution >= 0.6 is 0 Å². The highest BCUT2D eigenvalue weighted by Gasteiger charge is 2.13. The number of fused-ring (bicyclic) bond motifs is 1. The van der Waals surface area contributed by atoms with Crippen LogP contribution in [0.3, 0.4) is 0 Å². The zero-order valence-electron chi connectivity index (χ0n) is 14.8. The highest BCUT2D eigenvalue weighted by atomic mass is 16.6. The van der Waals surface area contributed by atoms with Gasteiger partial charge in [-0.15, -0.1) is 0 Å². The number of hydrogen-bond acceptors (Lipinski definition) is 7. The second kappa shape index (κ2) is 7.35. The molecule has 29 heavy (non-hydrogen) atoms. The lowest BCUT2D eigenvalue weighted by molar-refractivity contribution is -0.384. The lowest BCUT2D eigenvalue weighted by Crippen LogP contribution is -2.08. The van der Waals surface area contributed by atoms with E-state index in [2.05, 4.69) is 5.32 Å². The number of rotatable bonds is 4. The standard InChI is InChI=1S/C21H14N2O6/c24-20-17-6-5-16(28-21(25)14-1-3-15(4-2-14)23(26)27)12-18(17)29-19(20)11-13-7-9-22-10-8-13/h1-12,22,24H/p-1. The largest absolute Gasteiger partial charge is 0.869 e. The predicted octanol–water partition coefficient (Wildman–Crippen LogP) is 3.65. The Morgan fingerprint density at radius 3 is 2.52 bits per heavy atom.